The molecule has 0 aromatic carbocycles. The lowest BCUT2D eigenvalue weighted by Gasteiger charge is -2.40. The Morgan fingerprint density at radius 1 is 1.40 bits per heavy atom. The molecule has 3 aliphatic heterocycles. The van der Waals surface area contributed by atoms with Gasteiger partial charge in [-0.05, 0) is 33.7 Å². The first-order chi connectivity index (χ1) is 16.5. The van der Waals surface area contributed by atoms with Gasteiger partial charge >= 0.3 is 11.9 Å². The quantitative estimate of drug-likeness (QED) is 0.511. The van der Waals surface area contributed by atoms with Crippen LogP contribution >= 0.6 is 11.3 Å². The zero-order valence-corrected chi connectivity index (χ0v) is 20.9. The van der Waals surface area contributed by atoms with Crippen LogP contribution in [0.1, 0.15) is 32.2 Å². The normalized spacial score (nSPS) is 25.1. The van der Waals surface area contributed by atoms with Gasteiger partial charge in [-0.1, -0.05) is 0 Å². The Balaban J connectivity index is 1.52. The van der Waals surface area contributed by atoms with Crippen LogP contribution in [0.3, 0.4) is 0 Å². The van der Waals surface area contributed by atoms with Gasteiger partial charge in [-0.15, -0.1) is 11.3 Å². The number of aliphatic imine (C=N–C) groups is 1. The van der Waals surface area contributed by atoms with Gasteiger partial charge in [0, 0.05) is 43.0 Å². The molecule has 4 rings (SSSR count). The number of carbonyl (C=O) groups is 2. The summed E-state index contributed by atoms with van der Waals surface area (Å²) in [5, 5.41) is 15.1. The highest BCUT2D eigenvalue weighted by Gasteiger charge is 2.56. The molecule has 2 atom stereocenters. The van der Waals surface area contributed by atoms with Gasteiger partial charge in [0.25, 0.3) is 5.92 Å². The summed E-state index contributed by atoms with van der Waals surface area (Å²) in [5.41, 5.74) is -0.175. The molecular weight excluding hydrogens is 480 g/mol. The number of amidine groups is 1. The third-order valence-corrected chi connectivity index (χ3v) is 7.61. The number of carboxylic acid groups (broad SMARTS) is 1. The summed E-state index contributed by atoms with van der Waals surface area (Å²) in [7, 11) is 0. The zero-order chi connectivity index (χ0) is 25.4. The Morgan fingerprint density at radius 3 is 2.83 bits per heavy atom. The van der Waals surface area contributed by atoms with E-state index in [4.69, 9.17) is 4.74 Å². The molecule has 1 aromatic rings. The number of fused-ring (bicyclic) bond motifs is 1. The van der Waals surface area contributed by atoms with Gasteiger partial charge < -0.3 is 20.1 Å². The van der Waals surface area contributed by atoms with E-state index in [1.165, 1.54) is 11.3 Å². The second kappa shape index (κ2) is 9.90. The molecule has 0 amide bonds. The maximum absolute atomic E-state index is 15.2. The smallest absolute Gasteiger partial charge is 0.337 e. The first-order valence-corrected chi connectivity index (χ1v) is 12.6. The number of carbonyl (C=O) groups excluding carboxylic acids is 1. The van der Waals surface area contributed by atoms with Gasteiger partial charge in [-0.3, -0.25) is 14.7 Å². The summed E-state index contributed by atoms with van der Waals surface area (Å²) in [6, 6.07) is -0.380. The van der Waals surface area contributed by atoms with Crippen molar-refractivity contribution < 1.29 is 28.2 Å². The van der Waals surface area contributed by atoms with E-state index in [0.717, 1.165) is 0 Å². The molecule has 0 bridgehead atoms. The number of thiazole rings is 1. The van der Waals surface area contributed by atoms with Crippen molar-refractivity contribution in [2.75, 3.05) is 45.9 Å². The minimum absolute atomic E-state index is 0.0897. The van der Waals surface area contributed by atoms with Crippen molar-refractivity contribution >= 4 is 29.1 Å². The molecule has 35 heavy (non-hydrogen) atoms. The molecule has 4 heterocycles. The monoisotopic (exact) mass is 511 g/mol. The predicted octanol–water partition coefficient (Wildman–Crippen LogP) is 2.06. The molecule has 0 spiro atoms. The second-order valence-electron chi connectivity index (χ2n) is 9.86. The van der Waals surface area contributed by atoms with Gasteiger partial charge in [0.15, 0.2) is 10.8 Å². The first-order valence-electron chi connectivity index (χ1n) is 11.7. The third-order valence-electron chi connectivity index (χ3n) is 6.83. The number of likely N-dealkylation sites (tertiary alicyclic amines) is 2. The number of hydrogen-bond acceptors (Lipinski definition) is 9. The summed E-state index contributed by atoms with van der Waals surface area (Å²) in [5.74, 6) is -4.79. The van der Waals surface area contributed by atoms with Crippen molar-refractivity contribution in [1.29, 1.82) is 0 Å². The fourth-order valence-corrected chi connectivity index (χ4v) is 5.62. The Bertz CT molecular complexity index is 1030. The molecular formula is C23H31F2N5O4S. The predicted molar refractivity (Wildman–Crippen MR) is 127 cm³/mol. The molecule has 2 saturated heterocycles. The van der Waals surface area contributed by atoms with Crippen LogP contribution in [0.25, 0.3) is 0 Å². The van der Waals surface area contributed by atoms with Crippen LogP contribution < -0.4 is 5.32 Å². The van der Waals surface area contributed by atoms with Gasteiger partial charge in [0.2, 0.25) is 0 Å². The second-order valence-corrected chi connectivity index (χ2v) is 10.8. The van der Waals surface area contributed by atoms with E-state index in [1.807, 2.05) is 10.3 Å². The van der Waals surface area contributed by atoms with E-state index in [1.54, 1.807) is 31.9 Å². The number of nitrogens with one attached hydrogen (secondary N) is 1. The first kappa shape index (κ1) is 25.6. The van der Waals surface area contributed by atoms with E-state index in [0.29, 0.717) is 35.1 Å². The van der Waals surface area contributed by atoms with Crippen molar-refractivity contribution in [3.05, 3.63) is 27.9 Å². The third kappa shape index (κ3) is 5.39. The fourth-order valence-electron chi connectivity index (χ4n) is 5.02. The van der Waals surface area contributed by atoms with Crippen LogP contribution in [-0.4, -0.2) is 95.5 Å². The minimum atomic E-state index is -2.93. The van der Waals surface area contributed by atoms with Crippen LogP contribution in [0.2, 0.25) is 0 Å². The maximum Gasteiger partial charge on any atom is 0.337 e. The zero-order valence-electron chi connectivity index (χ0n) is 20.1. The van der Waals surface area contributed by atoms with Crippen LogP contribution in [-0.2, 0) is 14.3 Å². The molecule has 3 aliphatic rings. The Labute approximate surface area is 206 Å². The Morgan fingerprint density at radius 2 is 2.17 bits per heavy atom. The highest BCUT2D eigenvalue weighted by Crippen LogP contribution is 2.43. The van der Waals surface area contributed by atoms with Gasteiger partial charge in [0.05, 0.1) is 36.6 Å². The average molecular weight is 512 g/mol. The van der Waals surface area contributed by atoms with E-state index in [-0.39, 0.29) is 38.8 Å². The number of aliphatic carboxylic acids is 1. The number of alkyl halides is 2. The Kier molecular flexibility index (Phi) is 7.26. The number of hydrogen-bond donors (Lipinski definition) is 2. The summed E-state index contributed by atoms with van der Waals surface area (Å²) in [6.07, 6.45) is 2.14. The van der Waals surface area contributed by atoms with Crippen LogP contribution in [0, 0.1) is 11.3 Å². The summed E-state index contributed by atoms with van der Waals surface area (Å²) in [6.45, 7) is 5.82. The maximum atomic E-state index is 15.2. The average Bonchev–Trinajstić information content (AvgIpc) is 3.40. The lowest BCUT2D eigenvalue weighted by Crippen LogP contribution is -2.52. The highest BCUT2D eigenvalue weighted by molar-refractivity contribution is 7.11. The van der Waals surface area contributed by atoms with Crippen molar-refractivity contribution in [1.82, 2.24) is 20.1 Å². The van der Waals surface area contributed by atoms with Crippen LogP contribution in [0.4, 0.5) is 8.78 Å². The summed E-state index contributed by atoms with van der Waals surface area (Å²) < 4.78 is 35.6. The minimum Gasteiger partial charge on any atom is -0.481 e. The summed E-state index contributed by atoms with van der Waals surface area (Å²) in [4.78, 5) is 36.4. The number of piperidine rings is 1. The van der Waals surface area contributed by atoms with Crippen LogP contribution in [0.5, 0.6) is 0 Å². The lowest BCUT2D eigenvalue weighted by molar-refractivity contribution is -0.148. The standard InChI is InChI=1S/C23H31F2N5O4S/c1-4-34-20(31)14-9-27-18(19-26-6-8-35-19)28-16(14)11-30-13-23(24,25)15-10-29(7-5-17(15)30)12-22(2,3)21(32)33/h6,8,15,17H,4-5,7,9-13H2,1-3H3,(H,27,28)(H,32,33)/t15-,17+/m0/s1. The number of nitrogens with zero attached hydrogens (tertiary/aromatic N) is 4. The molecule has 0 unspecified atom stereocenters. The fraction of sp³-hybridized carbons (Fsp3) is 0.652. The molecule has 9 nitrogen and oxygen atoms in total. The van der Waals surface area contributed by atoms with Gasteiger partial charge in [-0.2, -0.15) is 0 Å². The topological polar surface area (TPSA) is 107 Å². The number of ether oxygens (including phenoxy) is 1. The number of carboxylic acids is 1. The molecule has 0 aliphatic carbocycles. The van der Waals surface area contributed by atoms with E-state index in [2.05, 4.69) is 15.3 Å². The Hall–Kier alpha value is -2.44. The molecule has 12 heteroatoms. The van der Waals surface area contributed by atoms with E-state index >= 15 is 8.78 Å². The van der Waals surface area contributed by atoms with Gasteiger partial charge in [0.1, 0.15) is 0 Å². The van der Waals surface area contributed by atoms with Crippen molar-refractivity contribution in [2.45, 2.75) is 39.2 Å². The molecule has 1 aromatic heterocycles. The number of rotatable bonds is 8. The van der Waals surface area contributed by atoms with E-state index in [9.17, 15) is 14.7 Å². The molecule has 0 saturated carbocycles. The van der Waals surface area contributed by atoms with Crippen molar-refractivity contribution in [2.24, 2.45) is 16.3 Å². The summed E-state index contributed by atoms with van der Waals surface area (Å²) >= 11 is 1.39. The number of halogens is 2. The number of esters is 1. The number of aromatic nitrogens is 1. The molecule has 0 radical (unpaired) electrons. The highest BCUT2D eigenvalue weighted by atomic mass is 32.1. The lowest BCUT2D eigenvalue weighted by atomic mass is 9.87. The molecule has 2 N–H and O–H groups in total. The molecule has 2 fully saturated rings. The van der Waals surface area contributed by atoms with Crippen molar-refractivity contribution in [3.8, 4) is 0 Å². The van der Waals surface area contributed by atoms with Gasteiger partial charge in [-0.25, -0.2) is 18.6 Å². The van der Waals surface area contributed by atoms with Crippen molar-refractivity contribution in [3.63, 3.8) is 0 Å². The van der Waals surface area contributed by atoms with E-state index < -0.39 is 35.7 Å². The van der Waals surface area contributed by atoms with Crippen LogP contribution in [0.15, 0.2) is 27.8 Å². The largest absolute Gasteiger partial charge is 0.481 e. The SMILES string of the molecule is CCOC(=O)C1=C(CN2CC(F)(F)[C@H]3CN(CC(C)(C)C(=O)O)CC[C@H]32)NC(c2nccs2)=NC1. The molecule has 192 valence electrons.